The van der Waals surface area contributed by atoms with E-state index in [4.69, 9.17) is 9.84 Å². The first-order valence-electron chi connectivity index (χ1n) is 9.48. The van der Waals surface area contributed by atoms with Gasteiger partial charge in [0.1, 0.15) is 18.1 Å². The van der Waals surface area contributed by atoms with Crippen LogP contribution in [0, 0.1) is 5.82 Å². The van der Waals surface area contributed by atoms with Gasteiger partial charge in [-0.2, -0.15) is 5.10 Å². The molecule has 162 valence electrons. The van der Waals surface area contributed by atoms with Gasteiger partial charge < -0.3 is 9.84 Å². The van der Waals surface area contributed by atoms with Gasteiger partial charge in [-0.3, -0.25) is 18.3 Å². The summed E-state index contributed by atoms with van der Waals surface area (Å²) in [5.41, 5.74) is 1.87. The Labute approximate surface area is 179 Å². The summed E-state index contributed by atoms with van der Waals surface area (Å²) >= 11 is -2.35. The minimum atomic E-state index is -2.35. The van der Waals surface area contributed by atoms with Crippen LogP contribution in [0.3, 0.4) is 0 Å². The number of aromatic nitrogens is 3. The zero-order chi connectivity index (χ0) is 22.0. The summed E-state index contributed by atoms with van der Waals surface area (Å²) in [5.74, 6) is -0.726. The number of benzene rings is 1. The Morgan fingerprint density at radius 1 is 1.26 bits per heavy atom. The number of halogens is 1. The Bertz CT molecular complexity index is 1100. The quantitative estimate of drug-likeness (QED) is 0.535. The maximum Gasteiger partial charge on any atom is 0.325 e. The molecule has 1 aromatic carbocycles. The minimum absolute atomic E-state index is 0.248. The van der Waals surface area contributed by atoms with Crippen LogP contribution in [-0.2, 0) is 29.0 Å². The van der Waals surface area contributed by atoms with E-state index in [1.165, 1.54) is 39.4 Å². The van der Waals surface area contributed by atoms with Crippen molar-refractivity contribution in [1.82, 2.24) is 14.8 Å². The molecule has 0 fully saturated rings. The molecule has 2 unspecified atom stereocenters. The van der Waals surface area contributed by atoms with Gasteiger partial charge >= 0.3 is 5.97 Å². The van der Waals surface area contributed by atoms with Crippen LogP contribution in [0.4, 0.5) is 10.1 Å². The number of carbonyl (C=O) groups is 1. The van der Waals surface area contributed by atoms with Gasteiger partial charge in [0.15, 0.2) is 0 Å². The van der Waals surface area contributed by atoms with Crippen molar-refractivity contribution < 1.29 is 27.8 Å². The molecule has 0 aliphatic heterocycles. The average Bonchev–Trinajstić information content (AvgIpc) is 3.14. The number of hydrogen-bond donors (Lipinski definition) is 2. The maximum atomic E-state index is 13.0. The molecular formula is C20H19FN4O5S. The van der Waals surface area contributed by atoms with Crippen molar-refractivity contribution in [3.63, 3.8) is 0 Å². The number of hydrogen-bond acceptors (Lipinski definition) is 5. The van der Waals surface area contributed by atoms with Gasteiger partial charge in [0, 0.05) is 17.3 Å². The van der Waals surface area contributed by atoms with Crippen LogP contribution >= 0.6 is 0 Å². The Morgan fingerprint density at radius 3 is 2.68 bits per heavy atom. The number of pyridine rings is 1. The van der Waals surface area contributed by atoms with E-state index in [9.17, 15) is 17.9 Å². The van der Waals surface area contributed by atoms with Crippen molar-refractivity contribution in [1.29, 1.82) is 0 Å². The molecule has 3 aromatic rings. The molecule has 0 amide bonds. The molecular weight excluding hydrogens is 427 g/mol. The third-order valence-electron chi connectivity index (χ3n) is 4.98. The van der Waals surface area contributed by atoms with Crippen LogP contribution in [-0.4, -0.2) is 34.6 Å². The molecule has 2 aromatic heterocycles. The van der Waals surface area contributed by atoms with Crippen molar-refractivity contribution in [2.24, 2.45) is 0 Å². The smallest absolute Gasteiger partial charge is 0.325 e. The van der Waals surface area contributed by atoms with Crippen LogP contribution < -0.4 is 9.04 Å². The molecule has 0 saturated carbocycles. The summed E-state index contributed by atoms with van der Waals surface area (Å²) in [6.45, 7) is -0.263. The van der Waals surface area contributed by atoms with Gasteiger partial charge in [0.2, 0.25) is 5.88 Å². The third kappa shape index (κ3) is 4.57. The fourth-order valence-electron chi connectivity index (χ4n) is 3.67. The number of anilines is 1. The lowest BCUT2D eigenvalue weighted by Gasteiger charge is -2.32. The molecule has 1 aliphatic rings. The monoisotopic (exact) mass is 446 g/mol. The zero-order valence-corrected chi connectivity index (χ0v) is 17.0. The van der Waals surface area contributed by atoms with Crippen molar-refractivity contribution >= 4 is 22.9 Å². The van der Waals surface area contributed by atoms with E-state index in [2.05, 4.69) is 10.1 Å². The average molecular weight is 446 g/mol. The highest BCUT2D eigenvalue weighted by Crippen LogP contribution is 2.38. The lowest BCUT2D eigenvalue weighted by atomic mass is 9.92. The second-order valence-electron chi connectivity index (χ2n) is 6.97. The van der Waals surface area contributed by atoms with Gasteiger partial charge in [-0.1, -0.05) is 0 Å². The molecule has 0 saturated heterocycles. The van der Waals surface area contributed by atoms with E-state index in [0.717, 1.165) is 17.7 Å². The Kier molecular flexibility index (Phi) is 5.96. The van der Waals surface area contributed by atoms with Gasteiger partial charge in [0.05, 0.1) is 24.1 Å². The first kappa shape index (κ1) is 20.9. The first-order valence-corrected chi connectivity index (χ1v) is 10.5. The highest BCUT2D eigenvalue weighted by molar-refractivity contribution is 7.80. The number of aliphatic carboxylic acids is 1. The van der Waals surface area contributed by atoms with E-state index in [-0.39, 0.29) is 18.2 Å². The normalized spacial score (nSPS) is 16.4. The summed E-state index contributed by atoms with van der Waals surface area (Å²) in [6.07, 6.45) is 4.94. The Balaban J connectivity index is 1.59. The molecule has 2 N–H and O–H groups in total. The van der Waals surface area contributed by atoms with Crippen molar-refractivity contribution in [2.75, 3.05) is 4.31 Å². The van der Waals surface area contributed by atoms with E-state index < -0.39 is 23.3 Å². The number of ether oxygens (including phenoxy) is 1. The fourth-order valence-corrected chi connectivity index (χ4v) is 4.39. The fraction of sp³-hybridized carbons (Fsp3) is 0.250. The largest absolute Gasteiger partial charge is 0.480 e. The molecule has 0 radical (unpaired) electrons. The second-order valence-corrected chi connectivity index (χ2v) is 7.83. The van der Waals surface area contributed by atoms with E-state index in [0.29, 0.717) is 24.3 Å². The highest BCUT2D eigenvalue weighted by atomic mass is 32.2. The summed E-state index contributed by atoms with van der Waals surface area (Å²) in [7, 11) is 0. The molecule has 2 heterocycles. The molecule has 11 heteroatoms. The van der Waals surface area contributed by atoms with E-state index in [1.54, 1.807) is 18.3 Å². The molecule has 0 spiro atoms. The van der Waals surface area contributed by atoms with E-state index >= 15 is 0 Å². The molecule has 2 atom stereocenters. The SMILES string of the molecule is O=C(O)Cn1ncc2c1CCCC2N(c1ccc(Oc2ccc(F)cc2)nc1)S(=O)O. The summed E-state index contributed by atoms with van der Waals surface area (Å²) in [4.78, 5) is 15.3. The molecule has 4 rings (SSSR count). The second kappa shape index (κ2) is 8.82. The van der Waals surface area contributed by atoms with Crippen LogP contribution in [0.1, 0.15) is 30.1 Å². The Morgan fingerprint density at radius 2 is 2.03 bits per heavy atom. The number of nitrogens with zero attached hydrogens (tertiary/aromatic N) is 4. The van der Waals surface area contributed by atoms with Gasteiger partial charge in [-0.15, -0.1) is 0 Å². The number of fused-ring (bicyclic) bond motifs is 1. The zero-order valence-electron chi connectivity index (χ0n) is 16.2. The first-order chi connectivity index (χ1) is 14.9. The topological polar surface area (TPSA) is 118 Å². The lowest BCUT2D eigenvalue weighted by Crippen LogP contribution is -2.33. The maximum absolute atomic E-state index is 13.0. The van der Waals surface area contributed by atoms with Crippen molar-refractivity contribution in [2.45, 2.75) is 31.8 Å². The summed E-state index contributed by atoms with van der Waals surface area (Å²) in [6, 6.07) is 8.18. The standard InChI is InChI=1S/C20H19FN4O5S/c21-13-4-7-15(8-5-13)30-19-9-6-14(10-22-19)25(31(28)29)18-3-1-2-17-16(18)11-23-24(17)12-20(26)27/h4-11,18H,1-3,12H2,(H,26,27)(H,28,29). The number of carboxylic acid groups (broad SMARTS) is 1. The number of rotatable bonds is 7. The minimum Gasteiger partial charge on any atom is -0.480 e. The van der Waals surface area contributed by atoms with Crippen molar-refractivity contribution in [3.8, 4) is 11.6 Å². The molecule has 0 bridgehead atoms. The van der Waals surface area contributed by atoms with Crippen LogP contribution in [0.15, 0.2) is 48.8 Å². The number of carboxylic acids is 1. The highest BCUT2D eigenvalue weighted by Gasteiger charge is 2.32. The molecule has 1 aliphatic carbocycles. The third-order valence-corrected chi connectivity index (χ3v) is 5.78. The van der Waals surface area contributed by atoms with Crippen LogP contribution in [0.2, 0.25) is 0 Å². The van der Waals surface area contributed by atoms with Crippen LogP contribution in [0.5, 0.6) is 11.6 Å². The summed E-state index contributed by atoms with van der Waals surface area (Å²) < 4.78 is 43.6. The predicted octanol–water partition coefficient (Wildman–Crippen LogP) is 3.31. The molecule has 31 heavy (non-hydrogen) atoms. The Hall–Kier alpha value is -3.31. The lowest BCUT2D eigenvalue weighted by molar-refractivity contribution is -0.137. The van der Waals surface area contributed by atoms with Gasteiger partial charge in [-0.05, 0) is 49.6 Å². The predicted molar refractivity (Wildman–Crippen MR) is 110 cm³/mol. The summed E-state index contributed by atoms with van der Waals surface area (Å²) in [5, 5.41) is 13.2. The molecule has 9 nitrogen and oxygen atoms in total. The van der Waals surface area contributed by atoms with Crippen LogP contribution in [0.25, 0.3) is 0 Å². The van der Waals surface area contributed by atoms with Crippen molar-refractivity contribution in [3.05, 3.63) is 65.9 Å². The van der Waals surface area contributed by atoms with Gasteiger partial charge in [-0.25, -0.2) is 13.6 Å². The van der Waals surface area contributed by atoms with E-state index in [1.807, 2.05) is 0 Å². The van der Waals surface area contributed by atoms with Gasteiger partial charge in [0.25, 0.3) is 11.3 Å².